The number of carbonyl (C=O) groups is 1. The number of H-pyrrole nitrogens is 1. The van der Waals surface area contributed by atoms with E-state index in [1.807, 2.05) is 79.0 Å². The molecule has 38 heavy (non-hydrogen) atoms. The minimum atomic E-state index is -0.564. The van der Waals surface area contributed by atoms with Gasteiger partial charge in [-0.25, -0.2) is 4.79 Å². The van der Waals surface area contributed by atoms with E-state index in [2.05, 4.69) is 9.88 Å². The number of likely N-dealkylation sites (tertiary alicyclic amines) is 1. The summed E-state index contributed by atoms with van der Waals surface area (Å²) < 4.78 is 17.5. The number of piperidine rings is 1. The van der Waals surface area contributed by atoms with Crippen molar-refractivity contribution in [1.29, 1.82) is 0 Å². The molecule has 1 unspecified atom stereocenters. The zero-order valence-electron chi connectivity index (χ0n) is 21.4. The quantitative estimate of drug-likeness (QED) is 0.272. The lowest BCUT2D eigenvalue weighted by Crippen LogP contribution is -2.41. The van der Waals surface area contributed by atoms with Crippen LogP contribution in [-0.2, 0) is 11.3 Å². The molecule has 1 atom stereocenters. The van der Waals surface area contributed by atoms with Gasteiger partial charge in [-0.05, 0) is 67.7 Å². The Morgan fingerprint density at radius 2 is 1.68 bits per heavy atom. The van der Waals surface area contributed by atoms with E-state index in [9.17, 15) is 9.90 Å². The second kappa shape index (κ2) is 12.6. The Morgan fingerprint density at radius 1 is 0.921 bits per heavy atom. The molecule has 3 aromatic carbocycles. The molecule has 1 aliphatic heterocycles. The van der Waals surface area contributed by atoms with E-state index in [0.29, 0.717) is 30.4 Å². The molecule has 0 radical (unpaired) electrons. The lowest BCUT2D eigenvalue weighted by atomic mass is 9.97. The molecule has 1 aliphatic rings. The van der Waals surface area contributed by atoms with E-state index < -0.39 is 6.10 Å². The Morgan fingerprint density at radius 3 is 2.53 bits per heavy atom. The van der Waals surface area contributed by atoms with Crippen molar-refractivity contribution >= 4 is 16.9 Å². The normalized spacial score (nSPS) is 15.3. The summed E-state index contributed by atoms with van der Waals surface area (Å²) in [5.74, 6) is 1.34. The fourth-order valence-electron chi connectivity index (χ4n) is 4.82. The number of aliphatic hydroxyl groups is 1. The van der Waals surface area contributed by atoms with Crippen molar-refractivity contribution < 1.29 is 24.1 Å². The van der Waals surface area contributed by atoms with Crippen LogP contribution >= 0.6 is 0 Å². The summed E-state index contributed by atoms with van der Waals surface area (Å²) in [6, 6.07) is 24.7. The van der Waals surface area contributed by atoms with E-state index in [4.69, 9.17) is 14.2 Å². The molecule has 1 aromatic heterocycles. The summed E-state index contributed by atoms with van der Waals surface area (Å²) in [5.41, 5.74) is 2.41. The van der Waals surface area contributed by atoms with Gasteiger partial charge in [-0.2, -0.15) is 0 Å². The van der Waals surface area contributed by atoms with Gasteiger partial charge in [0.15, 0.2) is 0 Å². The van der Waals surface area contributed by atoms with Crippen molar-refractivity contribution in [2.24, 2.45) is 5.92 Å². The SMILES string of the molecule is O=C(OCc1ccccc1)c1ccccc1OCC1CCN(CC(O)COc2cccc3[nH]ccc23)CC1. The molecule has 0 aliphatic carbocycles. The molecule has 2 heterocycles. The third-order valence-corrected chi connectivity index (χ3v) is 6.96. The van der Waals surface area contributed by atoms with E-state index >= 15 is 0 Å². The highest BCUT2D eigenvalue weighted by atomic mass is 16.5. The molecule has 4 aromatic rings. The van der Waals surface area contributed by atoms with Crippen molar-refractivity contribution in [3.63, 3.8) is 0 Å². The molecule has 7 nitrogen and oxygen atoms in total. The molecule has 0 spiro atoms. The summed E-state index contributed by atoms with van der Waals surface area (Å²) in [6.45, 7) is 3.38. The molecule has 0 saturated carbocycles. The second-order valence-electron chi connectivity index (χ2n) is 9.77. The van der Waals surface area contributed by atoms with E-state index in [-0.39, 0.29) is 19.2 Å². The Kier molecular flexibility index (Phi) is 8.58. The Labute approximate surface area is 223 Å². The summed E-state index contributed by atoms with van der Waals surface area (Å²) in [5, 5.41) is 11.6. The van der Waals surface area contributed by atoms with Gasteiger partial charge in [0, 0.05) is 23.6 Å². The molecular formula is C31H34N2O5. The second-order valence-corrected chi connectivity index (χ2v) is 9.77. The number of para-hydroxylation sites is 1. The number of nitrogens with zero attached hydrogens (tertiary/aromatic N) is 1. The zero-order chi connectivity index (χ0) is 26.2. The number of aliphatic hydroxyl groups excluding tert-OH is 1. The molecule has 5 rings (SSSR count). The third kappa shape index (κ3) is 6.73. The maximum atomic E-state index is 12.7. The number of β-amino-alcohol motifs (C(OH)–C–C–N with tert-alkyl or cyclic N) is 1. The Balaban J connectivity index is 1.04. The van der Waals surface area contributed by atoms with Crippen molar-refractivity contribution in [2.75, 3.05) is 32.8 Å². The summed E-state index contributed by atoms with van der Waals surface area (Å²) in [6.07, 6.45) is 3.26. The van der Waals surface area contributed by atoms with Gasteiger partial charge in [-0.15, -0.1) is 0 Å². The fourth-order valence-corrected chi connectivity index (χ4v) is 4.82. The molecule has 7 heteroatoms. The van der Waals surface area contributed by atoms with E-state index in [1.165, 1.54) is 0 Å². The molecule has 198 valence electrons. The predicted molar refractivity (Wildman–Crippen MR) is 146 cm³/mol. The van der Waals surface area contributed by atoms with Crippen LogP contribution in [0.2, 0.25) is 0 Å². The minimum Gasteiger partial charge on any atom is -0.492 e. The van der Waals surface area contributed by atoms with Gasteiger partial charge in [0.1, 0.15) is 36.4 Å². The van der Waals surface area contributed by atoms with Crippen LogP contribution < -0.4 is 9.47 Å². The van der Waals surface area contributed by atoms with Crippen molar-refractivity contribution in [3.05, 3.63) is 96.2 Å². The van der Waals surface area contributed by atoms with Crippen LogP contribution in [0, 0.1) is 5.92 Å². The van der Waals surface area contributed by atoms with Gasteiger partial charge in [0.05, 0.1) is 6.61 Å². The maximum Gasteiger partial charge on any atom is 0.342 e. The van der Waals surface area contributed by atoms with E-state index in [1.54, 1.807) is 6.07 Å². The van der Waals surface area contributed by atoms with Gasteiger partial charge in [-0.1, -0.05) is 48.5 Å². The van der Waals surface area contributed by atoms with Gasteiger partial charge in [-0.3, -0.25) is 0 Å². The van der Waals surface area contributed by atoms with Crippen molar-refractivity contribution in [1.82, 2.24) is 9.88 Å². The summed E-state index contributed by atoms with van der Waals surface area (Å²) >= 11 is 0. The highest BCUT2D eigenvalue weighted by Crippen LogP contribution is 2.26. The number of esters is 1. The first-order chi connectivity index (χ1) is 18.7. The smallest absolute Gasteiger partial charge is 0.342 e. The lowest BCUT2D eigenvalue weighted by Gasteiger charge is -2.33. The van der Waals surface area contributed by atoms with Crippen LogP contribution in [0.15, 0.2) is 85.1 Å². The molecule has 0 bridgehead atoms. The first-order valence-electron chi connectivity index (χ1n) is 13.2. The predicted octanol–water partition coefficient (Wildman–Crippen LogP) is 5.06. The third-order valence-electron chi connectivity index (χ3n) is 6.96. The van der Waals surface area contributed by atoms with Crippen LogP contribution in [-0.4, -0.2) is 59.9 Å². The fraction of sp³-hybridized carbons (Fsp3) is 0.323. The van der Waals surface area contributed by atoms with Crippen LogP contribution in [0.5, 0.6) is 11.5 Å². The van der Waals surface area contributed by atoms with Gasteiger partial charge < -0.3 is 29.2 Å². The standard InChI is InChI=1S/C31H34N2O5/c34-25(22-37-29-12-6-10-28-26(29)13-16-32-28)19-33-17-14-24(15-18-33)20-36-30-11-5-4-9-27(30)31(35)38-21-23-7-2-1-3-8-23/h1-13,16,24-25,32,34H,14-15,17-22H2. The molecule has 1 saturated heterocycles. The number of aromatic nitrogens is 1. The maximum absolute atomic E-state index is 12.7. The number of carbonyl (C=O) groups excluding carboxylic acids is 1. The van der Waals surface area contributed by atoms with Crippen LogP contribution in [0.25, 0.3) is 10.9 Å². The van der Waals surface area contributed by atoms with Crippen LogP contribution in [0.4, 0.5) is 0 Å². The highest BCUT2D eigenvalue weighted by Gasteiger charge is 2.23. The topological polar surface area (TPSA) is 84.0 Å². The number of nitrogens with one attached hydrogen (secondary N) is 1. The van der Waals surface area contributed by atoms with Gasteiger partial charge in [0.25, 0.3) is 0 Å². The molecular weight excluding hydrogens is 480 g/mol. The molecule has 1 fully saturated rings. The largest absolute Gasteiger partial charge is 0.492 e. The highest BCUT2D eigenvalue weighted by molar-refractivity contribution is 5.92. The number of rotatable bonds is 11. The number of fused-ring (bicyclic) bond motifs is 1. The summed E-state index contributed by atoms with van der Waals surface area (Å²) in [4.78, 5) is 18.1. The number of ether oxygens (including phenoxy) is 3. The number of hydrogen-bond acceptors (Lipinski definition) is 6. The summed E-state index contributed by atoms with van der Waals surface area (Å²) in [7, 11) is 0. The Hall–Kier alpha value is -3.81. The van der Waals surface area contributed by atoms with Crippen LogP contribution in [0.1, 0.15) is 28.8 Å². The Bertz CT molecular complexity index is 1310. The number of benzene rings is 3. The minimum absolute atomic E-state index is 0.227. The van der Waals surface area contributed by atoms with Gasteiger partial charge >= 0.3 is 5.97 Å². The average molecular weight is 515 g/mol. The van der Waals surface area contributed by atoms with Crippen molar-refractivity contribution in [2.45, 2.75) is 25.6 Å². The number of aromatic amines is 1. The first-order valence-corrected chi connectivity index (χ1v) is 13.2. The van der Waals surface area contributed by atoms with Gasteiger partial charge in [0.2, 0.25) is 0 Å². The molecule has 2 N–H and O–H groups in total. The zero-order valence-corrected chi connectivity index (χ0v) is 21.4. The lowest BCUT2D eigenvalue weighted by molar-refractivity contribution is 0.0459. The average Bonchev–Trinajstić information content (AvgIpc) is 3.45. The molecule has 0 amide bonds. The van der Waals surface area contributed by atoms with Crippen molar-refractivity contribution in [3.8, 4) is 11.5 Å². The van der Waals surface area contributed by atoms with Crippen LogP contribution in [0.3, 0.4) is 0 Å². The number of hydrogen-bond donors (Lipinski definition) is 2. The first kappa shape index (κ1) is 25.8. The monoisotopic (exact) mass is 514 g/mol. The van der Waals surface area contributed by atoms with E-state index in [0.717, 1.165) is 48.1 Å².